The fraction of sp³-hybridized carbons (Fsp3) is 0.182. The summed E-state index contributed by atoms with van der Waals surface area (Å²) in [6.45, 7) is 1.75. The third-order valence-electron chi connectivity index (χ3n) is 1.61. The van der Waals surface area contributed by atoms with E-state index in [1.807, 2.05) is 0 Å². The fourth-order valence-electron chi connectivity index (χ4n) is 0.858. The first kappa shape index (κ1) is 12.0. The number of benzene rings is 1. The number of thioether (sulfide) groups is 1. The second-order valence-corrected chi connectivity index (χ2v) is 4.36. The number of hydrogen-bond acceptors (Lipinski definition) is 2. The van der Waals surface area contributed by atoms with Crippen LogP contribution in [0.5, 0.6) is 0 Å². The zero-order chi connectivity index (χ0) is 11.3. The first-order valence-corrected chi connectivity index (χ1v) is 5.51. The molecule has 0 radical (unpaired) electrons. The lowest BCUT2D eigenvalue weighted by atomic mass is 10.4. The Morgan fingerprint density at radius 1 is 1.53 bits per heavy atom. The molecule has 1 N–H and O–H groups in total. The summed E-state index contributed by atoms with van der Waals surface area (Å²) in [6.07, 6.45) is 5.14. The number of carbonyl (C=O) groups is 1. The quantitative estimate of drug-likeness (QED) is 0.635. The standard InChI is InChI=1S/C11H10ClNOS/c1-3-8(2)13-11(14)15-10-6-4-9(12)5-7-10/h1,4-8H,2H3,(H,13,14). The number of hydrogen-bond donors (Lipinski definition) is 1. The molecule has 0 saturated carbocycles. The smallest absolute Gasteiger partial charge is 0.284 e. The molecule has 0 aliphatic carbocycles. The van der Waals surface area contributed by atoms with Crippen molar-refractivity contribution in [3.63, 3.8) is 0 Å². The summed E-state index contributed by atoms with van der Waals surface area (Å²) in [6, 6.07) is 6.79. The van der Waals surface area contributed by atoms with Crippen molar-refractivity contribution < 1.29 is 4.79 Å². The van der Waals surface area contributed by atoms with Gasteiger partial charge in [-0.05, 0) is 43.0 Å². The highest BCUT2D eigenvalue weighted by atomic mass is 35.5. The molecule has 1 aromatic rings. The van der Waals surface area contributed by atoms with Crippen LogP contribution in [0.1, 0.15) is 6.92 Å². The molecule has 0 aliphatic heterocycles. The normalized spacial score (nSPS) is 11.5. The molecule has 0 spiro atoms. The topological polar surface area (TPSA) is 29.1 Å². The maximum atomic E-state index is 11.4. The molecular weight excluding hydrogens is 230 g/mol. The van der Waals surface area contributed by atoms with E-state index in [-0.39, 0.29) is 11.3 Å². The number of terminal acetylenes is 1. The van der Waals surface area contributed by atoms with Crippen LogP contribution in [-0.2, 0) is 0 Å². The van der Waals surface area contributed by atoms with E-state index < -0.39 is 0 Å². The molecule has 78 valence electrons. The minimum absolute atomic E-state index is 0.164. The van der Waals surface area contributed by atoms with Crippen molar-refractivity contribution in [2.45, 2.75) is 17.9 Å². The van der Waals surface area contributed by atoms with Crippen molar-refractivity contribution in [2.75, 3.05) is 0 Å². The van der Waals surface area contributed by atoms with Gasteiger partial charge in [-0.3, -0.25) is 4.79 Å². The van der Waals surface area contributed by atoms with Gasteiger partial charge < -0.3 is 5.32 Å². The Hall–Kier alpha value is -1.11. The fourth-order valence-corrected chi connectivity index (χ4v) is 1.71. The van der Waals surface area contributed by atoms with Gasteiger partial charge in [0.05, 0.1) is 6.04 Å². The maximum absolute atomic E-state index is 11.4. The van der Waals surface area contributed by atoms with Crippen molar-refractivity contribution in [1.29, 1.82) is 0 Å². The Labute approximate surface area is 98.4 Å². The maximum Gasteiger partial charge on any atom is 0.284 e. The van der Waals surface area contributed by atoms with E-state index in [2.05, 4.69) is 11.2 Å². The van der Waals surface area contributed by atoms with Crippen LogP contribution in [0, 0.1) is 12.3 Å². The first-order chi connectivity index (χ1) is 7.11. The molecule has 1 aromatic carbocycles. The number of halogens is 1. The van der Waals surface area contributed by atoms with Crippen molar-refractivity contribution >= 4 is 28.6 Å². The third kappa shape index (κ3) is 4.28. The van der Waals surface area contributed by atoms with E-state index in [0.717, 1.165) is 16.7 Å². The Morgan fingerprint density at radius 3 is 2.67 bits per heavy atom. The second kappa shape index (κ2) is 5.69. The van der Waals surface area contributed by atoms with E-state index in [4.69, 9.17) is 18.0 Å². The summed E-state index contributed by atoms with van der Waals surface area (Å²) in [5.74, 6) is 2.42. The molecule has 0 aliphatic rings. The number of amides is 1. The van der Waals surface area contributed by atoms with Gasteiger partial charge in [0, 0.05) is 9.92 Å². The van der Waals surface area contributed by atoms with Gasteiger partial charge in [-0.25, -0.2) is 0 Å². The molecule has 1 unspecified atom stereocenters. The Kier molecular flexibility index (Phi) is 4.54. The Bertz CT molecular complexity index is 383. The van der Waals surface area contributed by atoms with Crippen LogP contribution in [-0.4, -0.2) is 11.3 Å². The van der Waals surface area contributed by atoms with Gasteiger partial charge in [-0.1, -0.05) is 17.5 Å². The lowest BCUT2D eigenvalue weighted by molar-refractivity contribution is 0.260. The van der Waals surface area contributed by atoms with Crippen LogP contribution < -0.4 is 5.32 Å². The van der Waals surface area contributed by atoms with E-state index >= 15 is 0 Å². The summed E-state index contributed by atoms with van der Waals surface area (Å²) in [7, 11) is 0. The number of rotatable bonds is 2. The second-order valence-electron chi connectivity index (χ2n) is 2.88. The highest BCUT2D eigenvalue weighted by Crippen LogP contribution is 2.20. The van der Waals surface area contributed by atoms with Gasteiger partial charge in [0.2, 0.25) is 0 Å². The first-order valence-electron chi connectivity index (χ1n) is 4.32. The van der Waals surface area contributed by atoms with Crippen LogP contribution in [0.25, 0.3) is 0 Å². The lowest BCUT2D eigenvalue weighted by Gasteiger charge is -2.06. The number of carbonyl (C=O) groups excluding carboxylic acids is 1. The van der Waals surface area contributed by atoms with Crippen LogP contribution in [0.3, 0.4) is 0 Å². The van der Waals surface area contributed by atoms with Crippen LogP contribution in [0.15, 0.2) is 29.2 Å². The molecular formula is C11H10ClNOS. The molecule has 4 heteroatoms. The van der Waals surface area contributed by atoms with Crippen molar-refractivity contribution in [3.05, 3.63) is 29.3 Å². The molecule has 15 heavy (non-hydrogen) atoms. The van der Waals surface area contributed by atoms with E-state index in [1.165, 1.54) is 0 Å². The van der Waals surface area contributed by atoms with E-state index in [0.29, 0.717) is 5.02 Å². The molecule has 0 heterocycles. The van der Waals surface area contributed by atoms with Crippen molar-refractivity contribution in [1.82, 2.24) is 5.32 Å². The van der Waals surface area contributed by atoms with Gasteiger partial charge in [-0.15, -0.1) is 6.42 Å². The van der Waals surface area contributed by atoms with Crippen LogP contribution >= 0.6 is 23.4 Å². The molecule has 0 fully saturated rings. The molecule has 1 amide bonds. The van der Waals surface area contributed by atoms with E-state index in [9.17, 15) is 4.79 Å². The minimum atomic E-state index is -0.252. The zero-order valence-corrected chi connectivity index (χ0v) is 9.73. The molecule has 1 atom stereocenters. The van der Waals surface area contributed by atoms with Crippen LogP contribution in [0.4, 0.5) is 4.79 Å². The molecule has 0 saturated heterocycles. The average molecular weight is 240 g/mol. The Balaban J connectivity index is 2.52. The van der Waals surface area contributed by atoms with Crippen LogP contribution in [0.2, 0.25) is 5.02 Å². The van der Waals surface area contributed by atoms with Gasteiger partial charge >= 0.3 is 0 Å². The SMILES string of the molecule is C#CC(C)NC(=O)Sc1ccc(Cl)cc1. The Morgan fingerprint density at radius 2 is 2.13 bits per heavy atom. The van der Waals surface area contributed by atoms with Gasteiger partial charge in [0.1, 0.15) is 0 Å². The van der Waals surface area contributed by atoms with Crippen molar-refractivity contribution in [3.8, 4) is 12.3 Å². The van der Waals surface area contributed by atoms with Gasteiger partial charge in [0.15, 0.2) is 0 Å². The highest BCUT2D eigenvalue weighted by Gasteiger charge is 2.06. The van der Waals surface area contributed by atoms with Crippen molar-refractivity contribution in [2.24, 2.45) is 0 Å². The largest absolute Gasteiger partial charge is 0.333 e. The van der Waals surface area contributed by atoms with Gasteiger partial charge in [-0.2, -0.15) is 0 Å². The molecule has 0 aromatic heterocycles. The predicted octanol–water partition coefficient (Wildman–Crippen LogP) is 3.16. The van der Waals surface area contributed by atoms with E-state index in [1.54, 1.807) is 31.2 Å². The summed E-state index contributed by atoms with van der Waals surface area (Å²) >= 11 is 6.81. The number of nitrogens with one attached hydrogen (secondary N) is 1. The van der Waals surface area contributed by atoms with Gasteiger partial charge in [0.25, 0.3) is 5.24 Å². The molecule has 0 bridgehead atoms. The summed E-state index contributed by atoms with van der Waals surface area (Å²) in [4.78, 5) is 12.2. The summed E-state index contributed by atoms with van der Waals surface area (Å²) < 4.78 is 0. The summed E-state index contributed by atoms with van der Waals surface area (Å²) in [5.41, 5.74) is 0. The summed E-state index contributed by atoms with van der Waals surface area (Å²) in [5, 5.41) is 3.13. The lowest BCUT2D eigenvalue weighted by Crippen LogP contribution is -2.27. The minimum Gasteiger partial charge on any atom is -0.333 e. The third-order valence-corrected chi connectivity index (χ3v) is 2.67. The highest BCUT2D eigenvalue weighted by molar-refractivity contribution is 8.13. The predicted molar refractivity (Wildman–Crippen MR) is 64.1 cm³/mol. The average Bonchev–Trinajstić information content (AvgIpc) is 2.21. The monoisotopic (exact) mass is 239 g/mol. The molecule has 1 rings (SSSR count). The molecule has 2 nitrogen and oxygen atoms in total. The zero-order valence-electron chi connectivity index (χ0n) is 8.16.